The van der Waals surface area contributed by atoms with E-state index in [2.05, 4.69) is 25.2 Å². The Hall–Kier alpha value is -4.19. The van der Waals surface area contributed by atoms with Gasteiger partial charge in [0, 0.05) is 37.2 Å². The van der Waals surface area contributed by atoms with Gasteiger partial charge in [0.05, 0.1) is 12.1 Å². The van der Waals surface area contributed by atoms with Crippen LogP contribution in [0.5, 0.6) is 5.75 Å². The van der Waals surface area contributed by atoms with Crippen molar-refractivity contribution < 1.29 is 27.5 Å². The van der Waals surface area contributed by atoms with Gasteiger partial charge in [-0.25, -0.2) is 4.98 Å². The first-order valence-corrected chi connectivity index (χ1v) is 10.5. The van der Waals surface area contributed by atoms with E-state index in [1.807, 2.05) is 6.07 Å². The van der Waals surface area contributed by atoms with Gasteiger partial charge in [-0.1, -0.05) is 11.2 Å². The van der Waals surface area contributed by atoms with Crippen molar-refractivity contribution in [2.75, 3.05) is 18.5 Å². The summed E-state index contributed by atoms with van der Waals surface area (Å²) in [7, 11) is 0. The average molecular weight is 487 g/mol. The van der Waals surface area contributed by atoms with E-state index >= 15 is 0 Å². The van der Waals surface area contributed by atoms with Gasteiger partial charge in [0.1, 0.15) is 11.6 Å². The summed E-state index contributed by atoms with van der Waals surface area (Å²) in [6, 6.07) is 11.6. The fourth-order valence-corrected chi connectivity index (χ4v) is 3.16. The molecule has 4 aromatic rings. The highest BCUT2D eigenvalue weighted by Crippen LogP contribution is 2.26. The highest BCUT2D eigenvalue weighted by molar-refractivity contribution is 5.60. The van der Waals surface area contributed by atoms with E-state index in [1.54, 1.807) is 24.5 Å². The van der Waals surface area contributed by atoms with E-state index in [4.69, 9.17) is 9.63 Å². The third kappa shape index (κ3) is 6.44. The number of hydrogen-bond acceptors (Lipinski definition) is 8. The van der Waals surface area contributed by atoms with Gasteiger partial charge in [-0.15, -0.1) is 13.2 Å². The van der Waals surface area contributed by atoms with Gasteiger partial charge in [0.2, 0.25) is 5.82 Å². The van der Waals surface area contributed by atoms with E-state index in [0.29, 0.717) is 29.9 Å². The topological polar surface area (TPSA) is 115 Å². The molecule has 0 saturated carbocycles. The number of alkyl halides is 3. The van der Waals surface area contributed by atoms with Crippen LogP contribution in [0.15, 0.2) is 70.2 Å². The Morgan fingerprint density at radius 1 is 1.06 bits per heavy atom. The van der Waals surface area contributed by atoms with Crippen LogP contribution in [0.25, 0.3) is 22.8 Å². The lowest BCUT2D eigenvalue weighted by molar-refractivity contribution is -0.274. The second-order valence-corrected chi connectivity index (χ2v) is 7.43. The van der Waals surface area contributed by atoms with Gasteiger partial charge >= 0.3 is 6.36 Å². The molecule has 182 valence electrons. The number of anilines is 1. The highest BCUT2D eigenvalue weighted by Gasteiger charge is 2.31. The number of aliphatic hydroxyl groups excluding tert-OH is 1. The molecule has 0 aliphatic heterocycles. The first kappa shape index (κ1) is 24.0. The summed E-state index contributed by atoms with van der Waals surface area (Å²) in [6.07, 6.45) is -0.940. The molecule has 3 aromatic heterocycles. The number of ether oxygens (including phenoxy) is 1. The predicted octanol–water partition coefficient (Wildman–Crippen LogP) is 3.70. The molecule has 12 heteroatoms. The number of halogens is 3. The van der Waals surface area contributed by atoms with Crippen LogP contribution in [0.4, 0.5) is 19.0 Å². The molecule has 0 amide bonds. The maximum atomic E-state index is 12.4. The minimum absolute atomic E-state index is 0.0923. The summed E-state index contributed by atoms with van der Waals surface area (Å²) < 4.78 is 47.6. The van der Waals surface area contributed by atoms with Gasteiger partial charge in [-0.05, 0) is 48.4 Å². The van der Waals surface area contributed by atoms with Crippen molar-refractivity contribution in [2.24, 2.45) is 0 Å². The number of aromatic nitrogens is 4. The summed E-state index contributed by atoms with van der Waals surface area (Å²) in [5.74, 6) is 0.621. The minimum atomic E-state index is -4.78. The van der Waals surface area contributed by atoms with E-state index in [1.165, 1.54) is 22.8 Å². The molecule has 4 rings (SSSR count). The lowest BCUT2D eigenvalue weighted by Gasteiger charge is -2.08. The molecule has 0 aliphatic rings. The number of rotatable bonds is 9. The molecule has 2 N–H and O–H groups in total. The normalized spacial score (nSPS) is 11.4. The van der Waals surface area contributed by atoms with Crippen LogP contribution >= 0.6 is 0 Å². The van der Waals surface area contributed by atoms with E-state index in [0.717, 1.165) is 17.7 Å². The van der Waals surface area contributed by atoms with Crippen LogP contribution in [0, 0.1) is 0 Å². The Balaban J connectivity index is 1.48. The molecule has 0 aliphatic carbocycles. The molecule has 0 unspecified atom stereocenters. The fraction of sp³-hybridized carbons (Fsp3) is 0.217. The quantitative estimate of drug-likeness (QED) is 0.344. The van der Waals surface area contributed by atoms with E-state index < -0.39 is 6.36 Å². The van der Waals surface area contributed by atoms with Gasteiger partial charge in [0.15, 0.2) is 0 Å². The second-order valence-electron chi connectivity index (χ2n) is 7.43. The maximum Gasteiger partial charge on any atom is 0.573 e. The summed E-state index contributed by atoms with van der Waals surface area (Å²) in [6.45, 7) is 0.954. The number of pyridine rings is 2. The average Bonchev–Trinajstić information content (AvgIpc) is 3.32. The van der Waals surface area contributed by atoms with Gasteiger partial charge in [0.25, 0.3) is 11.4 Å². The van der Waals surface area contributed by atoms with Crippen molar-refractivity contribution in [3.05, 3.63) is 76.8 Å². The molecule has 0 saturated heterocycles. The van der Waals surface area contributed by atoms with Gasteiger partial charge in [-0.3, -0.25) is 4.79 Å². The first-order chi connectivity index (χ1) is 16.8. The molecule has 3 heterocycles. The van der Waals surface area contributed by atoms with E-state index in [-0.39, 0.29) is 36.2 Å². The Bertz CT molecular complexity index is 1320. The minimum Gasteiger partial charge on any atom is -0.406 e. The molecule has 0 spiro atoms. The molecule has 1 aromatic carbocycles. The number of aliphatic hydroxyl groups is 1. The Morgan fingerprint density at radius 3 is 2.51 bits per heavy atom. The lowest BCUT2D eigenvalue weighted by atomic mass is 10.2. The molecular formula is C23H20F3N5O4. The third-order valence-corrected chi connectivity index (χ3v) is 4.82. The smallest absolute Gasteiger partial charge is 0.406 e. The molecule has 35 heavy (non-hydrogen) atoms. The fourth-order valence-electron chi connectivity index (χ4n) is 3.16. The zero-order valence-electron chi connectivity index (χ0n) is 18.2. The zero-order valence-corrected chi connectivity index (χ0v) is 18.2. The number of hydrogen-bond donors (Lipinski definition) is 2. The summed E-state index contributed by atoms with van der Waals surface area (Å²) in [5, 5.41) is 15.8. The van der Waals surface area contributed by atoms with Crippen molar-refractivity contribution in [3.8, 4) is 28.6 Å². The van der Waals surface area contributed by atoms with Crippen molar-refractivity contribution in [3.63, 3.8) is 0 Å². The van der Waals surface area contributed by atoms with Gasteiger partial charge < -0.3 is 24.3 Å². The van der Waals surface area contributed by atoms with Gasteiger partial charge in [-0.2, -0.15) is 4.98 Å². The molecule has 0 radical (unpaired) electrons. The molecule has 0 bridgehead atoms. The number of benzene rings is 1. The standard InChI is InChI=1S/C23H20F3N5O4/c24-23(25,26)34-18-6-3-16(4-7-18)21-29-22(35-30-21)17-5-9-20(33)31(14-17)13-15-2-8-19(28-12-15)27-10-1-11-32/h2-9,12,14,32H,1,10-11,13H2,(H,27,28). The molecule has 0 atom stereocenters. The number of nitrogens with one attached hydrogen (secondary N) is 1. The first-order valence-electron chi connectivity index (χ1n) is 10.5. The summed E-state index contributed by atoms with van der Waals surface area (Å²) >= 11 is 0. The Kier molecular flexibility index (Phi) is 7.11. The van der Waals surface area contributed by atoms with Crippen molar-refractivity contribution in [1.29, 1.82) is 0 Å². The summed E-state index contributed by atoms with van der Waals surface area (Å²) in [5.41, 5.74) is 1.49. The van der Waals surface area contributed by atoms with Crippen LogP contribution in [0.3, 0.4) is 0 Å². The largest absolute Gasteiger partial charge is 0.573 e. The monoisotopic (exact) mass is 487 g/mol. The van der Waals surface area contributed by atoms with Crippen molar-refractivity contribution >= 4 is 5.82 Å². The maximum absolute atomic E-state index is 12.4. The van der Waals surface area contributed by atoms with Crippen molar-refractivity contribution in [1.82, 2.24) is 19.7 Å². The SMILES string of the molecule is O=c1ccc(-c2nc(-c3ccc(OC(F)(F)F)cc3)no2)cn1Cc1ccc(NCCCO)nc1. The van der Waals surface area contributed by atoms with Crippen LogP contribution in [-0.4, -0.2) is 44.3 Å². The predicted molar refractivity (Wildman–Crippen MR) is 120 cm³/mol. The van der Waals surface area contributed by atoms with Crippen molar-refractivity contribution in [2.45, 2.75) is 19.3 Å². The van der Waals surface area contributed by atoms with Crippen LogP contribution in [0.2, 0.25) is 0 Å². The Morgan fingerprint density at radius 2 is 1.83 bits per heavy atom. The summed E-state index contributed by atoms with van der Waals surface area (Å²) in [4.78, 5) is 20.9. The zero-order chi connectivity index (χ0) is 24.8. The molecule has 9 nitrogen and oxygen atoms in total. The molecule has 0 fully saturated rings. The van der Waals surface area contributed by atoms with Crippen LogP contribution in [-0.2, 0) is 6.54 Å². The number of nitrogens with zero attached hydrogens (tertiary/aromatic N) is 4. The second kappa shape index (κ2) is 10.4. The van der Waals surface area contributed by atoms with Crippen LogP contribution in [0.1, 0.15) is 12.0 Å². The van der Waals surface area contributed by atoms with Crippen LogP contribution < -0.4 is 15.6 Å². The highest BCUT2D eigenvalue weighted by atomic mass is 19.4. The Labute approximate surface area is 196 Å². The molecular weight excluding hydrogens is 467 g/mol. The lowest BCUT2D eigenvalue weighted by Crippen LogP contribution is -2.19. The third-order valence-electron chi connectivity index (χ3n) is 4.82. The van der Waals surface area contributed by atoms with E-state index in [9.17, 15) is 18.0 Å².